The van der Waals surface area contributed by atoms with Crippen molar-refractivity contribution in [2.45, 2.75) is 18.4 Å². The summed E-state index contributed by atoms with van der Waals surface area (Å²) >= 11 is 6.78. The van der Waals surface area contributed by atoms with E-state index in [0.29, 0.717) is 17.1 Å². The fraction of sp³-hybridized carbons (Fsp3) is 0.250. The lowest BCUT2D eigenvalue weighted by Gasteiger charge is -2.07. The zero-order valence-corrected chi connectivity index (χ0v) is 11.2. The summed E-state index contributed by atoms with van der Waals surface area (Å²) in [5.74, 6) is 0.474. The van der Waals surface area contributed by atoms with Crippen LogP contribution in [0.1, 0.15) is 18.0 Å². The molecule has 1 aliphatic carbocycles. The number of aromatic nitrogens is 2. The number of hydrogen-bond donors (Lipinski definition) is 2. The number of hydrogen-bond acceptors (Lipinski definition) is 4. The summed E-state index contributed by atoms with van der Waals surface area (Å²) in [5.41, 5.74) is 1.13. The summed E-state index contributed by atoms with van der Waals surface area (Å²) in [7, 11) is 0. The van der Waals surface area contributed by atoms with Crippen molar-refractivity contribution in [3.05, 3.63) is 41.7 Å². The summed E-state index contributed by atoms with van der Waals surface area (Å²) in [6, 6.07) is 6.40. The first kappa shape index (κ1) is 11.6. The number of thiocarbonyl (C=S) groups is 1. The Morgan fingerprint density at radius 3 is 3.00 bits per heavy atom. The highest BCUT2D eigenvalue weighted by atomic mass is 32.1. The van der Waals surface area contributed by atoms with Crippen LogP contribution in [0, 0.1) is 0 Å². The van der Waals surface area contributed by atoms with Gasteiger partial charge in [0.1, 0.15) is 0 Å². The minimum atomic E-state index is 0.389. The number of pyridine rings is 1. The molecule has 92 valence electrons. The zero-order valence-electron chi connectivity index (χ0n) is 9.54. The maximum absolute atomic E-state index is 5.25. The third-order valence-corrected chi connectivity index (χ3v) is 3.74. The second-order valence-electron chi connectivity index (χ2n) is 4.14. The van der Waals surface area contributed by atoms with E-state index in [9.17, 15) is 0 Å². The average molecular weight is 276 g/mol. The molecule has 2 aromatic heterocycles. The van der Waals surface area contributed by atoms with Crippen molar-refractivity contribution < 1.29 is 0 Å². The van der Waals surface area contributed by atoms with Crippen molar-refractivity contribution in [3.63, 3.8) is 0 Å². The second kappa shape index (κ2) is 4.99. The zero-order chi connectivity index (χ0) is 12.4. The molecular weight excluding hydrogens is 264 g/mol. The van der Waals surface area contributed by atoms with Crippen LogP contribution < -0.4 is 10.6 Å². The van der Waals surface area contributed by atoms with Crippen LogP contribution in [0.3, 0.4) is 0 Å². The summed E-state index contributed by atoms with van der Waals surface area (Å²) in [5, 5.41) is 9.73. The number of anilines is 1. The molecular formula is C12H12N4S2. The van der Waals surface area contributed by atoms with Gasteiger partial charge >= 0.3 is 0 Å². The molecule has 6 heteroatoms. The Balaban J connectivity index is 1.52. The molecule has 0 saturated heterocycles. The summed E-state index contributed by atoms with van der Waals surface area (Å²) in [4.78, 5) is 8.49. The molecule has 3 rings (SSSR count). The monoisotopic (exact) mass is 276 g/mol. The molecule has 1 fully saturated rings. The highest BCUT2D eigenvalue weighted by Crippen LogP contribution is 2.39. The van der Waals surface area contributed by atoms with Gasteiger partial charge in [-0.1, -0.05) is 6.07 Å². The highest BCUT2D eigenvalue weighted by molar-refractivity contribution is 7.80. The van der Waals surface area contributed by atoms with Crippen LogP contribution in [0.5, 0.6) is 0 Å². The fourth-order valence-electron chi connectivity index (χ4n) is 1.86. The van der Waals surface area contributed by atoms with Gasteiger partial charge in [0.25, 0.3) is 0 Å². The van der Waals surface area contributed by atoms with Gasteiger partial charge in [-0.2, -0.15) is 0 Å². The number of nitrogens with one attached hydrogen (secondary N) is 2. The molecule has 0 amide bonds. The highest BCUT2D eigenvalue weighted by Gasteiger charge is 2.39. The van der Waals surface area contributed by atoms with Crippen LogP contribution in [0.4, 0.5) is 5.13 Å². The van der Waals surface area contributed by atoms with Crippen molar-refractivity contribution in [2.24, 2.45) is 0 Å². The molecule has 2 unspecified atom stereocenters. The van der Waals surface area contributed by atoms with Crippen molar-refractivity contribution in [1.82, 2.24) is 15.3 Å². The van der Waals surface area contributed by atoms with Crippen molar-refractivity contribution in [2.75, 3.05) is 5.32 Å². The van der Waals surface area contributed by atoms with Crippen molar-refractivity contribution in [1.29, 1.82) is 0 Å². The topological polar surface area (TPSA) is 49.8 Å². The maximum Gasteiger partial charge on any atom is 0.188 e. The van der Waals surface area contributed by atoms with Gasteiger partial charge in [-0.05, 0) is 30.8 Å². The summed E-state index contributed by atoms with van der Waals surface area (Å²) < 4.78 is 0. The SMILES string of the molecule is S=C(Nc1nccs1)NC1CC1c1ccccn1. The van der Waals surface area contributed by atoms with E-state index < -0.39 is 0 Å². The standard InChI is InChI=1S/C12H12N4S2/c17-11(16-12-14-5-6-18-12)15-10-7-8(10)9-3-1-2-4-13-9/h1-6,8,10H,7H2,(H2,14,15,16,17). The van der Waals surface area contributed by atoms with Crippen LogP contribution in [0.25, 0.3) is 0 Å². The molecule has 2 heterocycles. The third-order valence-electron chi connectivity index (χ3n) is 2.83. The van der Waals surface area contributed by atoms with Gasteiger partial charge in [-0.3, -0.25) is 4.98 Å². The van der Waals surface area contributed by atoms with Gasteiger partial charge in [0.05, 0.1) is 0 Å². The smallest absolute Gasteiger partial charge is 0.188 e. The minimum Gasteiger partial charge on any atom is -0.359 e. The van der Waals surface area contributed by atoms with Gasteiger partial charge in [-0.25, -0.2) is 4.98 Å². The quantitative estimate of drug-likeness (QED) is 0.843. The molecule has 2 aromatic rings. The van der Waals surface area contributed by atoms with Crippen molar-refractivity contribution in [3.8, 4) is 0 Å². The lowest BCUT2D eigenvalue weighted by Crippen LogP contribution is -2.31. The van der Waals surface area contributed by atoms with E-state index in [4.69, 9.17) is 12.2 Å². The second-order valence-corrected chi connectivity index (χ2v) is 5.44. The average Bonchev–Trinajstić information content (AvgIpc) is 2.95. The van der Waals surface area contributed by atoms with Crippen LogP contribution in [0.15, 0.2) is 36.0 Å². The molecule has 0 aromatic carbocycles. The Hall–Kier alpha value is -1.53. The Morgan fingerprint density at radius 1 is 1.33 bits per heavy atom. The van der Waals surface area contributed by atoms with E-state index in [0.717, 1.165) is 17.2 Å². The van der Waals surface area contributed by atoms with E-state index in [1.54, 1.807) is 6.20 Å². The molecule has 0 radical (unpaired) electrons. The maximum atomic E-state index is 5.25. The summed E-state index contributed by atoms with van der Waals surface area (Å²) in [6.45, 7) is 0. The Bertz CT molecular complexity index is 526. The molecule has 0 aliphatic heterocycles. The normalized spacial score (nSPS) is 21.3. The predicted molar refractivity (Wildman–Crippen MR) is 76.9 cm³/mol. The van der Waals surface area contributed by atoms with E-state index in [2.05, 4.69) is 26.7 Å². The third kappa shape index (κ3) is 2.65. The Labute approximate surface area is 114 Å². The number of rotatable bonds is 3. The minimum absolute atomic E-state index is 0.389. The van der Waals surface area contributed by atoms with E-state index in [-0.39, 0.29) is 0 Å². The van der Waals surface area contributed by atoms with Gasteiger partial charge < -0.3 is 10.6 Å². The first-order valence-corrected chi connectivity index (χ1v) is 6.99. The molecule has 4 nitrogen and oxygen atoms in total. The number of nitrogens with zero attached hydrogens (tertiary/aromatic N) is 2. The van der Waals surface area contributed by atoms with Crippen LogP contribution in [0.2, 0.25) is 0 Å². The van der Waals surface area contributed by atoms with Gasteiger partial charge in [0, 0.05) is 35.4 Å². The van der Waals surface area contributed by atoms with Crippen LogP contribution in [-0.2, 0) is 0 Å². The van der Waals surface area contributed by atoms with Gasteiger partial charge in [0.2, 0.25) is 0 Å². The Morgan fingerprint density at radius 2 is 2.28 bits per heavy atom. The van der Waals surface area contributed by atoms with Gasteiger partial charge in [-0.15, -0.1) is 11.3 Å². The predicted octanol–water partition coefficient (Wildman–Crippen LogP) is 2.38. The molecule has 1 saturated carbocycles. The lowest BCUT2D eigenvalue weighted by atomic mass is 10.2. The van der Waals surface area contributed by atoms with Crippen molar-refractivity contribution >= 4 is 33.8 Å². The van der Waals surface area contributed by atoms with E-state index in [1.807, 2.05) is 23.7 Å². The molecule has 0 spiro atoms. The first-order valence-electron chi connectivity index (χ1n) is 5.71. The van der Waals surface area contributed by atoms with Gasteiger partial charge in [0.15, 0.2) is 10.2 Å². The van der Waals surface area contributed by atoms with Crippen LogP contribution >= 0.6 is 23.6 Å². The number of thiazole rings is 1. The van der Waals surface area contributed by atoms with E-state index >= 15 is 0 Å². The molecule has 1 aliphatic rings. The fourth-order valence-corrected chi connectivity index (χ4v) is 2.71. The van der Waals surface area contributed by atoms with E-state index in [1.165, 1.54) is 11.3 Å². The molecule has 0 bridgehead atoms. The first-order chi connectivity index (χ1) is 8.83. The summed E-state index contributed by atoms with van der Waals surface area (Å²) in [6.07, 6.45) is 4.66. The largest absolute Gasteiger partial charge is 0.359 e. The molecule has 18 heavy (non-hydrogen) atoms. The molecule has 2 N–H and O–H groups in total. The molecule has 2 atom stereocenters. The Kier molecular flexibility index (Phi) is 3.21. The lowest BCUT2D eigenvalue weighted by molar-refractivity contribution is 0.859. The van der Waals surface area contributed by atoms with Crippen LogP contribution in [-0.4, -0.2) is 21.1 Å².